The fourth-order valence-electron chi connectivity index (χ4n) is 2.07. The highest BCUT2D eigenvalue weighted by atomic mass is 16.4. The molecule has 1 aliphatic rings. The van der Waals surface area contributed by atoms with E-state index in [2.05, 4.69) is 13.0 Å². The Kier molecular flexibility index (Phi) is 2.38. The highest BCUT2D eigenvalue weighted by Gasteiger charge is 2.34. The van der Waals surface area contributed by atoms with Crippen LogP contribution in [0.1, 0.15) is 30.5 Å². The van der Waals surface area contributed by atoms with Gasteiger partial charge in [0.1, 0.15) is 0 Å². The molecule has 0 unspecified atom stereocenters. The maximum atomic E-state index is 11.2. The van der Waals surface area contributed by atoms with Gasteiger partial charge in [-0.2, -0.15) is 0 Å². The molecule has 0 saturated carbocycles. The predicted molar refractivity (Wildman–Crippen MR) is 64.3 cm³/mol. The Morgan fingerprint density at radius 1 is 1.38 bits per heavy atom. The van der Waals surface area contributed by atoms with E-state index in [0.717, 1.165) is 12.0 Å². The van der Waals surface area contributed by atoms with E-state index in [-0.39, 0.29) is 0 Å². The summed E-state index contributed by atoms with van der Waals surface area (Å²) in [4.78, 5) is 11.2. The van der Waals surface area contributed by atoms with E-state index in [1.807, 2.05) is 18.2 Å². The zero-order chi connectivity index (χ0) is 11.9. The van der Waals surface area contributed by atoms with E-state index in [0.29, 0.717) is 0 Å². The number of hydrogen-bond donors (Lipinski definition) is 1. The van der Waals surface area contributed by atoms with Crippen LogP contribution in [0.25, 0.3) is 6.08 Å². The standard InChI is InChI=1S/C14H16O2/c1-9-5-4-6-10-7-11(8-12(9)10)14(2,3)13(15)16/h4-7H,8H2,1-3H3,(H,15,16). The Morgan fingerprint density at radius 3 is 2.62 bits per heavy atom. The van der Waals surface area contributed by atoms with E-state index in [9.17, 15) is 9.90 Å². The van der Waals surface area contributed by atoms with Gasteiger partial charge in [-0.15, -0.1) is 0 Å². The van der Waals surface area contributed by atoms with Gasteiger partial charge in [0.05, 0.1) is 5.41 Å². The largest absolute Gasteiger partial charge is 0.481 e. The molecule has 0 spiro atoms. The number of carboxylic acids is 1. The van der Waals surface area contributed by atoms with Gasteiger partial charge >= 0.3 is 5.97 Å². The predicted octanol–water partition coefficient (Wildman–Crippen LogP) is 3.05. The van der Waals surface area contributed by atoms with Crippen LogP contribution in [-0.4, -0.2) is 11.1 Å². The molecule has 0 atom stereocenters. The van der Waals surface area contributed by atoms with Crippen LogP contribution in [0.2, 0.25) is 0 Å². The molecule has 0 heterocycles. The summed E-state index contributed by atoms with van der Waals surface area (Å²) in [5.74, 6) is -0.760. The minimum Gasteiger partial charge on any atom is -0.481 e. The molecule has 1 aromatic carbocycles. The minimum atomic E-state index is -0.772. The summed E-state index contributed by atoms with van der Waals surface area (Å²) in [6, 6.07) is 6.14. The third kappa shape index (κ3) is 1.54. The average Bonchev–Trinajstić information content (AvgIpc) is 2.63. The first kappa shape index (κ1) is 10.9. The SMILES string of the molecule is Cc1cccc2c1CC(C(C)(C)C(=O)O)=C2. The van der Waals surface area contributed by atoms with Crippen molar-refractivity contribution in [3.63, 3.8) is 0 Å². The molecule has 16 heavy (non-hydrogen) atoms. The Hall–Kier alpha value is -1.57. The van der Waals surface area contributed by atoms with Crippen LogP contribution in [0.4, 0.5) is 0 Å². The van der Waals surface area contributed by atoms with Crippen molar-refractivity contribution < 1.29 is 9.90 Å². The van der Waals surface area contributed by atoms with Gasteiger partial charge in [-0.1, -0.05) is 24.3 Å². The summed E-state index contributed by atoms with van der Waals surface area (Å²) in [5, 5.41) is 9.21. The van der Waals surface area contributed by atoms with Crippen molar-refractivity contribution in [2.75, 3.05) is 0 Å². The lowest BCUT2D eigenvalue weighted by Crippen LogP contribution is -2.26. The second-order valence-corrected chi connectivity index (χ2v) is 4.92. The molecule has 0 saturated heterocycles. The zero-order valence-corrected chi connectivity index (χ0v) is 9.87. The number of carboxylic acid groups (broad SMARTS) is 1. The number of fused-ring (bicyclic) bond motifs is 1. The van der Waals surface area contributed by atoms with Crippen LogP contribution in [-0.2, 0) is 11.2 Å². The molecule has 0 aromatic heterocycles. The maximum Gasteiger partial charge on any atom is 0.313 e. The number of aryl methyl sites for hydroxylation is 1. The van der Waals surface area contributed by atoms with E-state index in [1.54, 1.807) is 13.8 Å². The van der Waals surface area contributed by atoms with Crippen molar-refractivity contribution in [2.45, 2.75) is 27.2 Å². The van der Waals surface area contributed by atoms with Crippen LogP contribution in [0, 0.1) is 12.3 Å². The highest BCUT2D eigenvalue weighted by Crippen LogP contribution is 2.37. The zero-order valence-electron chi connectivity index (χ0n) is 9.87. The Labute approximate surface area is 95.6 Å². The maximum absolute atomic E-state index is 11.2. The molecule has 2 heteroatoms. The van der Waals surface area contributed by atoms with Crippen molar-refractivity contribution in [1.82, 2.24) is 0 Å². The number of aliphatic carboxylic acids is 1. The third-order valence-corrected chi connectivity index (χ3v) is 3.48. The highest BCUT2D eigenvalue weighted by molar-refractivity contribution is 5.82. The summed E-state index contributed by atoms with van der Waals surface area (Å²) >= 11 is 0. The first-order chi connectivity index (χ1) is 7.43. The molecular weight excluding hydrogens is 200 g/mol. The van der Waals surface area contributed by atoms with Crippen molar-refractivity contribution in [3.05, 3.63) is 40.5 Å². The Balaban J connectivity index is 2.41. The van der Waals surface area contributed by atoms with E-state index >= 15 is 0 Å². The van der Waals surface area contributed by atoms with Gasteiger partial charge in [0.25, 0.3) is 0 Å². The lowest BCUT2D eigenvalue weighted by molar-refractivity contribution is -0.144. The van der Waals surface area contributed by atoms with Crippen LogP contribution >= 0.6 is 0 Å². The molecule has 0 bridgehead atoms. The summed E-state index contributed by atoms with van der Waals surface area (Å²) in [5.41, 5.74) is 3.90. The van der Waals surface area contributed by atoms with Gasteiger partial charge < -0.3 is 5.11 Å². The number of rotatable bonds is 2. The summed E-state index contributed by atoms with van der Waals surface area (Å²) in [7, 11) is 0. The Bertz CT molecular complexity index is 482. The van der Waals surface area contributed by atoms with Gasteiger partial charge in [0, 0.05) is 0 Å². The number of hydrogen-bond acceptors (Lipinski definition) is 1. The molecule has 0 radical (unpaired) electrons. The van der Waals surface area contributed by atoms with Gasteiger partial charge in [-0.3, -0.25) is 4.79 Å². The lowest BCUT2D eigenvalue weighted by Gasteiger charge is -2.20. The summed E-state index contributed by atoms with van der Waals surface area (Å²) in [6.45, 7) is 5.61. The van der Waals surface area contributed by atoms with Crippen LogP contribution in [0.3, 0.4) is 0 Å². The first-order valence-corrected chi connectivity index (χ1v) is 5.46. The number of carbonyl (C=O) groups is 1. The van der Waals surface area contributed by atoms with Crippen molar-refractivity contribution in [2.24, 2.45) is 5.41 Å². The molecule has 84 valence electrons. The van der Waals surface area contributed by atoms with Crippen LogP contribution in [0.5, 0.6) is 0 Å². The second kappa shape index (κ2) is 3.48. The third-order valence-electron chi connectivity index (χ3n) is 3.48. The van der Waals surface area contributed by atoms with Gasteiger partial charge in [-0.05, 0) is 49.5 Å². The average molecular weight is 216 g/mol. The quantitative estimate of drug-likeness (QED) is 0.825. The fraction of sp³-hybridized carbons (Fsp3) is 0.357. The van der Waals surface area contributed by atoms with Gasteiger partial charge in [0.2, 0.25) is 0 Å². The minimum absolute atomic E-state index is 0.760. The monoisotopic (exact) mass is 216 g/mol. The van der Waals surface area contributed by atoms with Crippen molar-refractivity contribution in [3.8, 4) is 0 Å². The molecule has 2 nitrogen and oxygen atoms in total. The second-order valence-electron chi connectivity index (χ2n) is 4.92. The van der Waals surface area contributed by atoms with Crippen LogP contribution in [0.15, 0.2) is 23.8 Å². The van der Waals surface area contributed by atoms with E-state index in [1.165, 1.54) is 16.7 Å². The number of benzene rings is 1. The fourth-order valence-corrected chi connectivity index (χ4v) is 2.07. The molecule has 0 aliphatic heterocycles. The molecule has 1 aliphatic carbocycles. The molecule has 0 amide bonds. The van der Waals surface area contributed by atoms with Crippen molar-refractivity contribution in [1.29, 1.82) is 0 Å². The smallest absolute Gasteiger partial charge is 0.313 e. The first-order valence-electron chi connectivity index (χ1n) is 5.46. The summed E-state index contributed by atoms with van der Waals surface area (Å²) in [6.07, 6.45) is 2.79. The molecule has 1 N–H and O–H groups in total. The van der Waals surface area contributed by atoms with Gasteiger partial charge in [-0.25, -0.2) is 0 Å². The Morgan fingerprint density at radius 2 is 2.06 bits per heavy atom. The van der Waals surface area contributed by atoms with Crippen molar-refractivity contribution >= 4 is 12.0 Å². The molecular formula is C14H16O2. The summed E-state index contributed by atoms with van der Waals surface area (Å²) < 4.78 is 0. The molecule has 2 rings (SSSR count). The van der Waals surface area contributed by atoms with E-state index in [4.69, 9.17) is 0 Å². The van der Waals surface area contributed by atoms with Crippen LogP contribution < -0.4 is 0 Å². The molecule has 0 fully saturated rings. The van der Waals surface area contributed by atoms with Gasteiger partial charge in [0.15, 0.2) is 0 Å². The normalized spacial score (nSPS) is 14.6. The topological polar surface area (TPSA) is 37.3 Å². The van der Waals surface area contributed by atoms with E-state index < -0.39 is 11.4 Å². The molecule has 1 aromatic rings. The lowest BCUT2D eigenvalue weighted by atomic mass is 9.83.